The molecule has 1 aromatic rings. The van der Waals surface area contributed by atoms with E-state index in [9.17, 15) is 4.79 Å². The van der Waals surface area contributed by atoms with E-state index in [4.69, 9.17) is 0 Å². The van der Waals surface area contributed by atoms with Gasteiger partial charge in [0, 0.05) is 11.6 Å². The number of nitrogens with one attached hydrogen (secondary N) is 1. The Morgan fingerprint density at radius 1 is 1.13 bits per heavy atom. The number of carbonyl (C=O) groups excluding carboxylic acids is 1. The maximum atomic E-state index is 12.8. The van der Waals surface area contributed by atoms with Gasteiger partial charge in [-0.2, -0.15) is 0 Å². The minimum absolute atomic E-state index is 0.143. The Bertz CT molecular complexity index is 524. The summed E-state index contributed by atoms with van der Waals surface area (Å²) in [6.45, 7) is 13.4. The van der Waals surface area contributed by atoms with Crippen LogP contribution in [-0.4, -0.2) is 5.91 Å². The van der Waals surface area contributed by atoms with Crippen molar-refractivity contribution < 1.29 is 4.79 Å². The predicted molar refractivity (Wildman–Crippen MR) is 98.6 cm³/mol. The summed E-state index contributed by atoms with van der Waals surface area (Å²) in [5.74, 6) is 2.10. The first kappa shape index (κ1) is 18.0. The molecular weight excluding hydrogens is 282 g/mol. The minimum atomic E-state index is 0.143. The second-order valence-electron chi connectivity index (χ2n) is 8.75. The molecule has 3 atom stereocenters. The lowest BCUT2D eigenvalue weighted by atomic mass is 9.70. The van der Waals surface area contributed by atoms with E-state index in [2.05, 4.69) is 59.0 Å². The van der Waals surface area contributed by atoms with Gasteiger partial charge in [-0.05, 0) is 53.7 Å². The predicted octanol–water partition coefficient (Wildman–Crippen LogP) is 5.63. The van der Waals surface area contributed by atoms with Crippen molar-refractivity contribution >= 4 is 11.6 Å². The second kappa shape index (κ2) is 7.07. The van der Waals surface area contributed by atoms with Crippen molar-refractivity contribution in [1.82, 2.24) is 0 Å². The van der Waals surface area contributed by atoms with Crippen LogP contribution >= 0.6 is 0 Å². The lowest BCUT2D eigenvalue weighted by molar-refractivity contribution is -0.123. The van der Waals surface area contributed by atoms with Gasteiger partial charge in [0.05, 0.1) is 0 Å². The van der Waals surface area contributed by atoms with Crippen LogP contribution in [0, 0.1) is 23.7 Å². The SMILES string of the molecule is CC(C)[C@@H]1CC[C@@H](C)C[C@H]1C(=O)Nc1ccc(C(C)(C)C)cc1. The molecule has 1 N–H and O–H groups in total. The van der Waals surface area contributed by atoms with Crippen molar-refractivity contribution in [3.63, 3.8) is 0 Å². The summed E-state index contributed by atoms with van der Waals surface area (Å²) in [5.41, 5.74) is 2.36. The van der Waals surface area contributed by atoms with Crippen molar-refractivity contribution in [2.24, 2.45) is 23.7 Å². The van der Waals surface area contributed by atoms with Crippen LogP contribution in [0.25, 0.3) is 0 Å². The van der Waals surface area contributed by atoms with Crippen LogP contribution in [0.3, 0.4) is 0 Å². The summed E-state index contributed by atoms with van der Waals surface area (Å²) >= 11 is 0. The molecule has 0 unspecified atom stereocenters. The third kappa shape index (κ3) is 4.59. The molecule has 0 spiro atoms. The third-order valence-corrected chi connectivity index (χ3v) is 5.38. The molecule has 2 heteroatoms. The molecule has 0 aliphatic heterocycles. The summed E-state index contributed by atoms with van der Waals surface area (Å²) in [5, 5.41) is 3.16. The van der Waals surface area contributed by atoms with Crippen molar-refractivity contribution in [1.29, 1.82) is 0 Å². The average Bonchev–Trinajstić information content (AvgIpc) is 2.46. The largest absolute Gasteiger partial charge is 0.326 e. The Morgan fingerprint density at radius 3 is 2.26 bits per heavy atom. The zero-order valence-corrected chi connectivity index (χ0v) is 15.6. The van der Waals surface area contributed by atoms with Gasteiger partial charge in [0.2, 0.25) is 5.91 Å². The van der Waals surface area contributed by atoms with E-state index in [0.717, 1.165) is 12.1 Å². The first-order valence-electron chi connectivity index (χ1n) is 9.10. The quantitative estimate of drug-likeness (QED) is 0.769. The summed E-state index contributed by atoms with van der Waals surface area (Å²) in [6, 6.07) is 8.32. The molecule has 2 nitrogen and oxygen atoms in total. The number of hydrogen-bond donors (Lipinski definition) is 1. The highest BCUT2D eigenvalue weighted by Gasteiger charge is 2.35. The van der Waals surface area contributed by atoms with E-state index in [1.54, 1.807) is 0 Å². The van der Waals surface area contributed by atoms with Gasteiger partial charge in [-0.1, -0.05) is 60.1 Å². The minimum Gasteiger partial charge on any atom is -0.326 e. The molecule has 1 aliphatic rings. The van der Waals surface area contributed by atoms with Crippen LogP contribution in [0.15, 0.2) is 24.3 Å². The van der Waals surface area contributed by atoms with Gasteiger partial charge in [0.15, 0.2) is 0 Å². The number of benzene rings is 1. The molecule has 1 aliphatic carbocycles. The summed E-state index contributed by atoms with van der Waals surface area (Å²) < 4.78 is 0. The van der Waals surface area contributed by atoms with Crippen LogP contribution in [0.2, 0.25) is 0 Å². The standard InChI is InChI=1S/C21H33NO/c1-14(2)18-12-7-15(3)13-19(18)20(23)22-17-10-8-16(9-11-17)21(4,5)6/h8-11,14-15,18-19H,7,12-13H2,1-6H3,(H,22,23)/t15-,18+,19-/m1/s1. The van der Waals surface area contributed by atoms with Gasteiger partial charge in [0.25, 0.3) is 0 Å². The second-order valence-corrected chi connectivity index (χ2v) is 8.75. The number of amides is 1. The van der Waals surface area contributed by atoms with E-state index in [1.165, 1.54) is 18.4 Å². The molecule has 1 amide bonds. The smallest absolute Gasteiger partial charge is 0.227 e. The zero-order valence-electron chi connectivity index (χ0n) is 15.6. The number of anilines is 1. The molecule has 128 valence electrons. The number of rotatable bonds is 3. The van der Waals surface area contributed by atoms with Gasteiger partial charge < -0.3 is 5.32 Å². The van der Waals surface area contributed by atoms with Gasteiger partial charge in [0.1, 0.15) is 0 Å². The zero-order chi connectivity index (χ0) is 17.2. The van der Waals surface area contributed by atoms with Gasteiger partial charge in [-0.25, -0.2) is 0 Å². The summed E-state index contributed by atoms with van der Waals surface area (Å²) in [6.07, 6.45) is 3.46. The first-order chi connectivity index (χ1) is 10.7. The monoisotopic (exact) mass is 315 g/mol. The van der Waals surface area contributed by atoms with Crippen LogP contribution in [0.5, 0.6) is 0 Å². The molecule has 0 aromatic heterocycles. The van der Waals surface area contributed by atoms with Crippen LogP contribution in [0.4, 0.5) is 5.69 Å². The molecule has 0 radical (unpaired) electrons. The molecule has 0 bridgehead atoms. The van der Waals surface area contributed by atoms with Crippen molar-refractivity contribution in [2.75, 3.05) is 5.32 Å². The molecule has 1 fully saturated rings. The number of carbonyl (C=O) groups is 1. The van der Waals surface area contributed by atoms with Crippen molar-refractivity contribution in [2.45, 2.75) is 66.2 Å². The molecule has 1 aromatic carbocycles. The Balaban J connectivity index is 2.07. The molecule has 23 heavy (non-hydrogen) atoms. The fraction of sp³-hybridized carbons (Fsp3) is 0.667. The Morgan fingerprint density at radius 2 is 1.74 bits per heavy atom. The maximum Gasteiger partial charge on any atom is 0.227 e. The number of hydrogen-bond acceptors (Lipinski definition) is 1. The van der Waals surface area contributed by atoms with E-state index in [0.29, 0.717) is 17.8 Å². The fourth-order valence-electron chi connectivity index (χ4n) is 3.79. The Kier molecular flexibility index (Phi) is 5.54. The lowest BCUT2D eigenvalue weighted by Gasteiger charge is -2.36. The van der Waals surface area contributed by atoms with E-state index < -0.39 is 0 Å². The summed E-state index contributed by atoms with van der Waals surface area (Å²) in [4.78, 5) is 12.8. The molecule has 2 rings (SSSR count). The van der Waals surface area contributed by atoms with Crippen LogP contribution in [0.1, 0.15) is 66.4 Å². The third-order valence-electron chi connectivity index (χ3n) is 5.38. The normalized spacial score (nSPS) is 25.4. The average molecular weight is 316 g/mol. The molecular formula is C21H33NO. The summed E-state index contributed by atoms with van der Waals surface area (Å²) in [7, 11) is 0. The van der Waals surface area contributed by atoms with Crippen LogP contribution < -0.4 is 5.32 Å². The van der Waals surface area contributed by atoms with Crippen molar-refractivity contribution in [3.8, 4) is 0 Å². The molecule has 0 heterocycles. The van der Waals surface area contributed by atoms with E-state index >= 15 is 0 Å². The Labute approximate surface area is 142 Å². The topological polar surface area (TPSA) is 29.1 Å². The van der Waals surface area contributed by atoms with Gasteiger partial charge >= 0.3 is 0 Å². The first-order valence-corrected chi connectivity index (χ1v) is 9.10. The van der Waals surface area contributed by atoms with E-state index in [1.807, 2.05) is 12.1 Å². The molecule has 0 saturated heterocycles. The van der Waals surface area contributed by atoms with E-state index in [-0.39, 0.29) is 17.2 Å². The molecule has 1 saturated carbocycles. The van der Waals surface area contributed by atoms with Crippen molar-refractivity contribution in [3.05, 3.63) is 29.8 Å². The lowest BCUT2D eigenvalue weighted by Crippen LogP contribution is -2.36. The highest BCUT2D eigenvalue weighted by Crippen LogP contribution is 2.38. The highest BCUT2D eigenvalue weighted by molar-refractivity contribution is 5.92. The maximum absolute atomic E-state index is 12.8. The fourth-order valence-corrected chi connectivity index (χ4v) is 3.79. The highest BCUT2D eigenvalue weighted by atomic mass is 16.1. The van der Waals surface area contributed by atoms with Crippen LogP contribution in [-0.2, 0) is 10.2 Å². The Hall–Kier alpha value is -1.31. The van der Waals surface area contributed by atoms with Gasteiger partial charge in [-0.15, -0.1) is 0 Å². The van der Waals surface area contributed by atoms with Gasteiger partial charge in [-0.3, -0.25) is 4.79 Å².